The number of rotatable bonds is 4. The standard InChI is InChI=1S/C13H13FN6/c1-2-20-13-11(18-19-20)12(16-8-17-13)15-7-9-3-5-10(14)6-4-9/h3-6,8H,2,7H2,1H3,(H,15,16,17). The fourth-order valence-electron chi connectivity index (χ4n) is 1.92. The summed E-state index contributed by atoms with van der Waals surface area (Å²) in [5.74, 6) is 0.378. The summed E-state index contributed by atoms with van der Waals surface area (Å²) >= 11 is 0. The van der Waals surface area contributed by atoms with E-state index < -0.39 is 0 Å². The first kappa shape index (κ1) is 12.5. The maximum atomic E-state index is 12.8. The molecule has 0 aliphatic carbocycles. The van der Waals surface area contributed by atoms with Gasteiger partial charge in [-0.15, -0.1) is 5.10 Å². The molecule has 0 fully saturated rings. The van der Waals surface area contributed by atoms with E-state index in [0.29, 0.717) is 30.1 Å². The molecule has 1 N–H and O–H groups in total. The molecule has 102 valence electrons. The van der Waals surface area contributed by atoms with Gasteiger partial charge in [-0.1, -0.05) is 17.3 Å². The Labute approximate surface area is 114 Å². The SMILES string of the molecule is CCn1nnc2c(NCc3ccc(F)cc3)ncnc21. The van der Waals surface area contributed by atoms with Gasteiger partial charge in [-0.2, -0.15) is 0 Å². The van der Waals surface area contributed by atoms with Gasteiger partial charge in [0.15, 0.2) is 17.0 Å². The van der Waals surface area contributed by atoms with Crippen molar-refractivity contribution in [2.45, 2.75) is 20.0 Å². The molecule has 7 heteroatoms. The van der Waals surface area contributed by atoms with E-state index in [9.17, 15) is 4.39 Å². The molecule has 2 heterocycles. The van der Waals surface area contributed by atoms with E-state index in [0.717, 1.165) is 5.56 Å². The van der Waals surface area contributed by atoms with Gasteiger partial charge in [0.1, 0.15) is 12.1 Å². The molecule has 0 radical (unpaired) electrons. The molecular formula is C13H13FN6. The molecule has 20 heavy (non-hydrogen) atoms. The van der Waals surface area contributed by atoms with Gasteiger partial charge in [-0.05, 0) is 24.6 Å². The van der Waals surface area contributed by atoms with Crippen molar-refractivity contribution in [1.82, 2.24) is 25.0 Å². The summed E-state index contributed by atoms with van der Waals surface area (Å²) in [5, 5.41) is 11.3. The fraction of sp³-hybridized carbons (Fsp3) is 0.231. The third kappa shape index (κ3) is 2.29. The number of aromatic nitrogens is 5. The Hall–Kier alpha value is -2.57. The third-order valence-electron chi connectivity index (χ3n) is 2.97. The molecule has 3 rings (SSSR count). The summed E-state index contributed by atoms with van der Waals surface area (Å²) in [6.07, 6.45) is 1.48. The normalized spacial score (nSPS) is 10.9. The van der Waals surface area contributed by atoms with E-state index in [1.54, 1.807) is 16.8 Å². The smallest absolute Gasteiger partial charge is 0.183 e. The molecule has 0 atom stereocenters. The summed E-state index contributed by atoms with van der Waals surface area (Å²) < 4.78 is 14.5. The first-order valence-electron chi connectivity index (χ1n) is 6.30. The van der Waals surface area contributed by atoms with Crippen LogP contribution in [0, 0.1) is 5.82 Å². The number of anilines is 1. The van der Waals surface area contributed by atoms with Crippen LogP contribution in [0.25, 0.3) is 11.2 Å². The van der Waals surface area contributed by atoms with Crippen LogP contribution in [0.3, 0.4) is 0 Å². The Morgan fingerprint density at radius 3 is 2.75 bits per heavy atom. The number of halogens is 1. The highest BCUT2D eigenvalue weighted by Crippen LogP contribution is 2.16. The summed E-state index contributed by atoms with van der Waals surface area (Å²) in [4.78, 5) is 8.35. The molecular weight excluding hydrogens is 259 g/mol. The van der Waals surface area contributed by atoms with Crippen molar-refractivity contribution in [3.8, 4) is 0 Å². The maximum absolute atomic E-state index is 12.8. The van der Waals surface area contributed by atoms with Gasteiger partial charge in [0, 0.05) is 13.1 Å². The van der Waals surface area contributed by atoms with Crippen molar-refractivity contribution >= 4 is 17.0 Å². The summed E-state index contributed by atoms with van der Waals surface area (Å²) in [5.41, 5.74) is 2.29. The van der Waals surface area contributed by atoms with Gasteiger partial charge < -0.3 is 5.32 Å². The van der Waals surface area contributed by atoms with Gasteiger partial charge in [0.2, 0.25) is 0 Å². The Morgan fingerprint density at radius 2 is 2.00 bits per heavy atom. The number of fused-ring (bicyclic) bond motifs is 1. The zero-order valence-electron chi connectivity index (χ0n) is 10.9. The van der Waals surface area contributed by atoms with Crippen LogP contribution in [-0.4, -0.2) is 25.0 Å². The van der Waals surface area contributed by atoms with E-state index in [2.05, 4.69) is 25.6 Å². The van der Waals surface area contributed by atoms with E-state index in [1.165, 1.54) is 18.5 Å². The summed E-state index contributed by atoms with van der Waals surface area (Å²) in [7, 11) is 0. The van der Waals surface area contributed by atoms with Crippen LogP contribution in [-0.2, 0) is 13.1 Å². The molecule has 2 aromatic heterocycles. The average molecular weight is 272 g/mol. The zero-order valence-corrected chi connectivity index (χ0v) is 10.9. The monoisotopic (exact) mass is 272 g/mol. The minimum atomic E-state index is -0.246. The first-order chi connectivity index (χ1) is 9.78. The number of hydrogen-bond acceptors (Lipinski definition) is 5. The van der Waals surface area contributed by atoms with Crippen LogP contribution in [0.15, 0.2) is 30.6 Å². The third-order valence-corrected chi connectivity index (χ3v) is 2.97. The van der Waals surface area contributed by atoms with Gasteiger partial charge in [0.25, 0.3) is 0 Å². The van der Waals surface area contributed by atoms with Crippen molar-refractivity contribution < 1.29 is 4.39 Å². The van der Waals surface area contributed by atoms with Gasteiger partial charge in [0.05, 0.1) is 0 Å². The molecule has 0 bridgehead atoms. The van der Waals surface area contributed by atoms with Gasteiger partial charge >= 0.3 is 0 Å². The Morgan fingerprint density at radius 1 is 1.20 bits per heavy atom. The predicted octanol–water partition coefficient (Wildman–Crippen LogP) is 1.99. The number of aryl methyl sites for hydroxylation is 1. The highest BCUT2D eigenvalue weighted by atomic mass is 19.1. The van der Waals surface area contributed by atoms with Crippen molar-refractivity contribution in [1.29, 1.82) is 0 Å². The van der Waals surface area contributed by atoms with E-state index in [-0.39, 0.29) is 5.82 Å². The average Bonchev–Trinajstić information content (AvgIpc) is 2.90. The van der Waals surface area contributed by atoms with Crippen LogP contribution in [0.5, 0.6) is 0 Å². The Balaban J connectivity index is 1.84. The molecule has 0 unspecified atom stereocenters. The molecule has 1 aromatic carbocycles. The summed E-state index contributed by atoms with van der Waals surface area (Å²) in [6.45, 7) is 3.21. The molecule has 0 amide bonds. The quantitative estimate of drug-likeness (QED) is 0.786. The zero-order chi connectivity index (χ0) is 13.9. The number of nitrogens with one attached hydrogen (secondary N) is 1. The van der Waals surface area contributed by atoms with Crippen LogP contribution >= 0.6 is 0 Å². The van der Waals surface area contributed by atoms with Crippen molar-refractivity contribution in [3.05, 3.63) is 42.0 Å². The van der Waals surface area contributed by atoms with Gasteiger partial charge in [-0.3, -0.25) is 0 Å². The fourth-order valence-corrected chi connectivity index (χ4v) is 1.92. The van der Waals surface area contributed by atoms with Crippen LogP contribution in [0.1, 0.15) is 12.5 Å². The second-order valence-electron chi connectivity index (χ2n) is 4.28. The van der Waals surface area contributed by atoms with Crippen LogP contribution in [0.4, 0.5) is 10.2 Å². The maximum Gasteiger partial charge on any atom is 0.183 e. The molecule has 3 aromatic rings. The summed E-state index contributed by atoms with van der Waals surface area (Å²) in [6, 6.07) is 6.31. The largest absolute Gasteiger partial charge is 0.364 e. The highest BCUT2D eigenvalue weighted by molar-refractivity contribution is 5.81. The lowest BCUT2D eigenvalue weighted by atomic mass is 10.2. The lowest BCUT2D eigenvalue weighted by Crippen LogP contribution is -2.03. The first-order valence-corrected chi connectivity index (χ1v) is 6.30. The highest BCUT2D eigenvalue weighted by Gasteiger charge is 2.10. The Kier molecular flexibility index (Phi) is 3.24. The Bertz CT molecular complexity index is 721. The molecule has 0 spiro atoms. The number of nitrogens with zero attached hydrogens (tertiary/aromatic N) is 5. The van der Waals surface area contributed by atoms with Gasteiger partial charge in [-0.25, -0.2) is 19.0 Å². The van der Waals surface area contributed by atoms with E-state index in [4.69, 9.17) is 0 Å². The molecule has 0 aliphatic rings. The number of benzene rings is 1. The second-order valence-corrected chi connectivity index (χ2v) is 4.28. The molecule has 0 saturated carbocycles. The lowest BCUT2D eigenvalue weighted by Gasteiger charge is -2.05. The van der Waals surface area contributed by atoms with Crippen LogP contribution < -0.4 is 5.32 Å². The van der Waals surface area contributed by atoms with E-state index in [1.807, 2.05) is 6.92 Å². The lowest BCUT2D eigenvalue weighted by molar-refractivity contribution is 0.627. The topological polar surface area (TPSA) is 68.5 Å². The second kappa shape index (κ2) is 5.20. The van der Waals surface area contributed by atoms with Crippen molar-refractivity contribution in [3.63, 3.8) is 0 Å². The molecule has 0 aliphatic heterocycles. The van der Waals surface area contributed by atoms with Crippen molar-refractivity contribution in [2.75, 3.05) is 5.32 Å². The van der Waals surface area contributed by atoms with Crippen LogP contribution in [0.2, 0.25) is 0 Å². The molecule has 0 saturated heterocycles. The predicted molar refractivity (Wildman–Crippen MR) is 72.5 cm³/mol. The minimum absolute atomic E-state index is 0.246. The minimum Gasteiger partial charge on any atom is -0.364 e. The molecule has 6 nitrogen and oxygen atoms in total. The van der Waals surface area contributed by atoms with E-state index >= 15 is 0 Å². The van der Waals surface area contributed by atoms with Crippen molar-refractivity contribution in [2.24, 2.45) is 0 Å². The number of hydrogen-bond donors (Lipinski definition) is 1.